The molecule has 3 heterocycles. The Kier molecular flexibility index (Phi) is 7.04. The summed E-state index contributed by atoms with van der Waals surface area (Å²) in [7, 11) is 3.00. The molecule has 3 aromatic heterocycles. The Bertz CT molecular complexity index is 1180. The van der Waals surface area contributed by atoms with E-state index < -0.39 is 36.8 Å². The van der Waals surface area contributed by atoms with Gasteiger partial charge in [-0.2, -0.15) is 18.3 Å². The van der Waals surface area contributed by atoms with Crippen molar-refractivity contribution in [1.82, 2.24) is 40.0 Å². The van der Waals surface area contributed by atoms with Crippen molar-refractivity contribution in [1.29, 1.82) is 0 Å². The summed E-state index contributed by atoms with van der Waals surface area (Å²) in [4.78, 5) is 32.7. The van der Waals surface area contributed by atoms with Gasteiger partial charge in [-0.1, -0.05) is 5.10 Å². The van der Waals surface area contributed by atoms with E-state index in [9.17, 15) is 22.8 Å². The van der Waals surface area contributed by atoms with Gasteiger partial charge in [0.25, 0.3) is 11.9 Å². The van der Waals surface area contributed by atoms with Gasteiger partial charge in [0.15, 0.2) is 12.1 Å². The van der Waals surface area contributed by atoms with E-state index in [0.717, 1.165) is 15.6 Å². The van der Waals surface area contributed by atoms with Crippen LogP contribution in [-0.4, -0.2) is 63.4 Å². The van der Waals surface area contributed by atoms with E-state index in [4.69, 9.17) is 9.84 Å². The molecule has 0 fully saturated rings. The number of carbonyl (C=O) groups excluding carboxylic acids is 1. The number of carboxylic acid groups (broad SMARTS) is 1. The summed E-state index contributed by atoms with van der Waals surface area (Å²) in [6.07, 6.45) is -6.51. The normalized spacial score (nSPS) is 12.4. The van der Waals surface area contributed by atoms with Crippen LogP contribution in [0.3, 0.4) is 0 Å². The summed E-state index contributed by atoms with van der Waals surface area (Å²) >= 11 is 0. The first-order valence-corrected chi connectivity index (χ1v) is 9.42. The lowest BCUT2D eigenvalue weighted by Crippen LogP contribution is -2.43. The number of aryl methyl sites for hydroxylation is 2. The standard InChI is InChI=1S/C17H18F3N9O5/c1-9(34-16(31)32)29(15-23-25-26-28(15)3)14(30)10-4-5-12(17(18,19)20)22-11(10)6-33-7-13-21-8-27(2)24-13/h4-5,8-9H,6-7H2,1-3H3,(H,31,32). The summed E-state index contributed by atoms with van der Waals surface area (Å²) in [5, 5.41) is 23.6. The lowest BCUT2D eigenvalue weighted by Gasteiger charge is -2.26. The fourth-order valence-corrected chi connectivity index (χ4v) is 2.83. The molecular weight excluding hydrogens is 467 g/mol. The molecule has 0 aliphatic heterocycles. The van der Waals surface area contributed by atoms with Crippen LogP contribution in [0.5, 0.6) is 0 Å². The number of halogens is 3. The topological polar surface area (TPSA) is 163 Å². The molecule has 182 valence electrons. The van der Waals surface area contributed by atoms with E-state index in [2.05, 4.69) is 35.3 Å². The Balaban J connectivity index is 1.97. The third kappa shape index (κ3) is 5.61. The molecule has 3 rings (SSSR count). The summed E-state index contributed by atoms with van der Waals surface area (Å²) in [6.45, 7) is 0.547. The first-order chi connectivity index (χ1) is 16.0. The molecule has 0 spiro atoms. The third-order valence-corrected chi connectivity index (χ3v) is 4.28. The molecule has 0 aliphatic rings. The zero-order valence-electron chi connectivity index (χ0n) is 18.0. The zero-order valence-corrected chi connectivity index (χ0v) is 18.0. The van der Waals surface area contributed by atoms with Crippen LogP contribution >= 0.6 is 0 Å². The second-order valence-corrected chi connectivity index (χ2v) is 6.78. The number of alkyl halides is 3. The van der Waals surface area contributed by atoms with Crippen LogP contribution in [0.2, 0.25) is 0 Å². The molecule has 0 aliphatic carbocycles. The molecule has 14 nitrogen and oxygen atoms in total. The number of hydrogen-bond donors (Lipinski definition) is 1. The highest BCUT2D eigenvalue weighted by Crippen LogP contribution is 2.29. The maximum Gasteiger partial charge on any atom is 0.507 e. The fraction of sp³-hybridized carbons (Fsp3) is 0.412. The van der Waals surface area contributed by atoms with E-state index >= 15 is 0 Å². The van der Waals surface area contributed by atoms with Gasteiger partial charge in [0, 0.05) is 14.1 Å². The molecule has 34 heavy (non-hydrogen) atoms. The highest BCUT2D eigenvalue weighted by Gasteiger charge is 2.36. The van der Waals surface area contributed by atoms with E-state index in [1.807, 2.05) is 0 Å². The van der Waals surface area contributed by atoms with E-state index in [0.29, 0.717) is 6.07 Å². The molecular formula is C17H18F3N9O5. The third-order valence-electron chi connectivity index (χ3n) is 4.28. The molecule has 17 heteroatoms. The first-order valence-electron chi connectivity index (χ1n) is 9.42. The average molecular weight is 485 g/mol. The van der Waals surface area contributed by atoms with Crippen LogP contribution in [0, 0.1) is 0 Å². The minimum absolute atomic E-state index is 0.165. The second kappa shape index (κ2) is 9.77. The molecule has 1 unspecified atom stereocenters. The number of amides is 1. The number of nitrogens with zero attached hydrogens (tertiary/aromatic N) is 9. The van der Waals surface area contributed by atoms with Gasteiger partial charge in [-0.3, -0.25) is 9.48 Å². The summed E-state index contributed by atoms with van der Waals surface area (Å²) in [5.74, 6) is -0.928. The number of pyridine rings is 1. The molecule has 1 N–H and O–H groups in total. The Labute approximate surface area is 188 Å². The molecule has 0 saturated carbocycles. The summed E-state index contributed by atoms with van der Waals surface area (Å²) in [6, 6.07) is 1.52. The Morgan fingerprint density at radius 1 is 1.24 bits per heavy atom. The lowest BCUT2D eigenvalue weighted by molar-refractivity contribution is -0.141. The monoisotopic (exact) mass is 485 g/mol. The SMILES string of the molecule is CC(OC(=O)O)N(C(=O)c1ccc(C(F)(F)F)nc1COCc1ncn(C)n1)c1nnnn1C. The number of aromatic nitrogens is 8. The van der Waals surface area contributed by atoms with Crippen molar-refractivity contribution in [2.24, 2.45) is 14.1 Å². The van der Waals surface area contributed by atoms with Crippen molar-refractivity contribution in [3.05, 3.63) is 41.2 Å². The minimum Gasteiger partial charge on any atom is -0.450 e. The van der Waals surface area contributed by atoms with Crippen LogP contribution < -0.4 is 4.90 Å². The fourth-order valence-electron chi connectivity index (χ4n) is 2.83. The van der Waals surface area contributed by atoms with E-state index in [1.165, 1.54) is 25.0 Å². The smallest absolute Gasteiger partial charge is 0.450 e. The maximum absolute atomic E-state index is 13.4. The molecule has 3 aromatic rings. The molecule has 0 saturated heterocycles. The Morgan fingerprint density at radius 2 is 1.97 bits per heavy atom. The van der Waals surface area contributed by atoms with Gasteiger partial charge >= 0.3 is 12.3 Å². The quantitative estimate of drug-likeness (QED) is 0.360. The van der Waals surface area contributed by atoms with Crippen LogP contribution in [0.25, 0.3) is 0 Å². The molecule has 0 radical (unpaired) electrons. The molecule has 0 aromatic carbocycles. The van der Waals surface area contributed by atoms with Crippen LogP contribution in [-0.2, 0) is 43.0 Å². The van der Waals surface area contributed by atoms with Crippen LogP contribution in [0.15, 0.2) is 18.5 Å². The van der Waals surface area contributed by atoms with E-state index in [-0.39, 0.29) is 29.6 Å². The number of ether oxygens (including phenoxy) is 2. The number of rotatable bonds is 8. The van der Waals surface area contributed by atoms with Crippen LogP contribution in [0.4, 0.5) is 23.9 Å². The van der Waals surface area contributed by atoms with Gasteiger partial charge in [-0.25, -0.2) is 24.3 Å². The number of carbonyl (C=O) groups is 2. The van der Waals surface area contributed by atoms with Crippen molar-refractivity contribution >= 4 is 18.0 Å². The second-order valence-electron chi connectivity index (χ2n) is 6.78. The molecule has 0 bridgehead atoms. The minimum atomic E-state index is -4.79. The van der Waals surface area contributed by atoms with Gasteiger partial charge in [0.1, 0.15) is 18.6 Å². The average Bonchev–Trinajstić information content (AvgIpc) is 3.35. The summed E-state index contributed by atoms with van der Waals surface area (Å²) < 4.78 is 52.3. The maximum atomic E-state index is 13.4. The number of hydrogen-bond acceptors (Lipinski definition) is 10. The highest BCUT2D eigenvalue weighted by atomic mass is 19.4. The predicted molar refractivity (Wildman–Crippen MR) is 103 cm³/mol. The van der Waals surface area contributed by atoms with Crippen molar-refractivity contribution in [2.75, 3.05) is 4.90 Å². The van der Waals surface area contributed by atoms with E-state index in [1.54, 1.807) is 7.05 Å². The lowest BCUT2D eigenvalue weighted by atomic mass is 10.1. The molecule has 1 amide bonds. The van der Waals surface area contributed by atoms with Gasteiger partial charge in [-0.15, -0.1) is 0 Å². The van der Waals surface area contributed by atoms with Crippen molar-refractivity contribution < 1.29 is 37.3 Å². The van der Waals surface area contributed by atoms with Crippen molar-refractivity contribution in [3.8, 4) is 0 Å². The zero-order chi connectivity index (χ0) is 25.0. The number of anilines is 1. The predicted octanol–water partition coefficient (Wildman–Crippen LogP) is 1.16. The van der Waals surface area contributed by atoms with Crippen molar-refractivity contribution in [3.63, 3.8) is 0 Å². The van der Waals surface area contributed by atoms with Gasteiger partial charge in [0.2, 0.25) is 0 Å². The Hall–Kier alpha value is -4.15. The largest absolute Gasteiger partial charge is 0.507 e. The van der Waals surface area contributed by atoms with Gasteiger partial charge < -0.3 is 14.6 Å². The van der Waals surface area contributed by atoms with Gasteiger partial charge in [-0.05, 0) is 29.5 Å². The van der Waals surface area contributed by atoms with Gasteiger partial charge in [0.05, 0.1) is 17.9 Å². The highest BCUT2D eigenvalue weighted by molar-refractivity contribution is 6.06. The van der Waals surface area contributed by atoms with Crippen molar-refractivity contribution in [2.45, 2.75) is 32.5 Å². The summed E-state index contributed by atoms with van der Waals surface area (Å²) in [5.41, 5.74) is -1.93. The van der Waals surface area contributed by atoms with Crippen LogP contribution in [0.1, 0.15) is 34.5 Å². The Morgan fingerprint density at radius 3 is 2.53 bits per heavy atom. The number of tetrazole rings is 1. The molecule has 1 atom stereocenters. The first kappa shape index (κ1) is 24.5.